The molecule has 5 atom stereocenters. The lowest BCUT2D eigenvalue weighted by Crippen LogP contribution is -2.56. The number of amides is 4. The van der Waals surface area contributed by atoms with Gasteiger partial charge in [0.1, 0.15) is 23.7 Å². The number of fused-ring (bicyclic) bond motifs is 3. The van der Waals surface area contributed by atoms with Gasteiger partial charge in [0.05, 0.1) is 13.7 Å². The van der Waals surface area contributed by atoms with Crippen LogP contribution in [0.4, 0.5) is 9.59 Å². The average molecular weight is 583 g/mol. The van der Waals surface area contributed by atoms with Gasteiger partial charge in [0, 0.05) is 25.4 Å². The number of aliphatic carboxylic acids is 1. The van der Waals surface area contributed by atoms with Crippen LogP contribution in [0.15, 0.2) is 36.4 Å². The van der Waals surface area contributed by atoms with E-state index in [2.05, 4.69) is 10.6 Å². The number of methoxy groups -OCH3 is 1. The summed E-state index contributed by atoms with van der Waals surface area (Å²) in [5.41, 5.74) is 0.778. The van der Waals surface area contributed by atoms with Gasteiger partial charge in [-0.15, -0.1) is 0 Å². The Kier molecular flexibility index (Phi) is 8.69. The van der Waals surface area contributed by atoms with E-state index in [9.17, 15) is 29.1 Å². The Labute approximate surface area is 244 Å². The number of hydrogen-bond donors (Lipinski definition) is 3. The second kappa shape index (κ2) is 12.4. The van der Waals surface area contributed by atoms with Crippen LogP contribution in [0, 0.1) is 5.92 Å². The van der Waals surface area contributed by atoms with E-state index in [0.29, 0.717) is 32.4 Å². The maximum absolute atomic E-state index is 13.8. The van der Waals surface area contributed by atoms with Gasteiger partial charge in [-0.2, -0.15) is 0 Å². The number of hydrogen-bond acceptors (Lipinski definition) is 7. The SMILES string of the molecule is COC(=O)N[C@H]1CCCCCC=C[C@@H]2C[C@@]2(C(=O)O)NC(=O)[C@@H]2C[C@@H](OC(=O)N3CCc4ccccc4C3)CN2C1=O. The fraction of sp³-hybridized carbons (Fsp3) is 0.567. The first-order valence-electron chi connectivity index (χ1n) is 14.6. The monoisotopic (exact) mass is 582 g/mol. The fourth-order valence-electron chi connectivity index (χ4n) is 6.22. The van der Waals surface area contributed by atoms with E-state index < -0.39 is 53.7 Å². The number of carbonyl (C=O) groups excluding carboxylic acids is 4. The molecule has 0 spiro atoms. The molecule has 4 aliphatic rings. The number of rotatable bonds is 3. The predicted octanol–water partition coefficient (Wildman–Crippen LogP) is 2.36. The molecular formula is C30H38N4O8. The summed E-state index contributed by atoms with van der Waals surface area (Å²) in [4.78, 5) is 67.9. The van der Waals surface area contributed by atoms with Gasteiger partial charge in [0.25, 0.3) is 0 Å². The average Bonchev–Trinajstić information content (AvgIpc) is 3.52. The lowest BCUT2D eigenvalue weighted by molar-refractivity contribution is -0.145. The van der Waals surface area contributed by atoms with E-state index in [0.717, 1.165) is 24.8 Å². The van der Waals surface area contributed by atoms with E-state index in [-0.39, 0.29) is 25.3 Å². The third-order valence-corrected chi connectivity index (χ3v) is 8.75. The minimum atomic E-state index is -1.44. The fourth-order valence-corrected chi connectivity index (χ4v) is 6.22. The van der Waals surface area contributed by atoms with E-state index in [1.807, 2.05) is 36.4 Å². The quantitative estimate of drug-likeness (QED) is 0.459. The molecule has 0 radical (unpaired) electrons. The third kappa shape index (κ3) is 6.22. The van der Waals surface area contributed by atoms with E-state index in [4.69, 9.17) is 9.47 Å². The number of carboxylic acids is 1. The molecule has 5 rings (SSSR count). The van der Waals surface area contributed by atoms with E-state index >= 15 is 0 Å². The van der Waals surface area contributed by atoms with Crippen LogP contribution in [0.2, 0.25) is 0 Å². The molecule has 1 aliphatic carbocycles. The highest BCUT2D eigenvalue weighted by Crippen LogP contribution is 2.45. The van der Waals surface area contributed by atoms with Gasteiger partial charge in [-0.1, -0.05) is 49.3 Å². The summed E-state index contributed by atoms with van der Waals surface area (Å²) in [6, 6.07) is 5.85. The number of alkyl carbamates (subject to hydrolysis) is 1. The van der Waals surface area contributed by atoms with Gasteiger partial charge >= 0.3 is 18.2 Å². The Balaban J connectivity index is 1.36. The zero-order valence-electron chi connectivity index (χ0n) is 23.8. The highest BCUT2D eigenvalue weighted by Gasteiger charge is 2.61. The highest BCUT2D eigenvalue weighted by atomic mass is 16.6. The summed E-state index contributed by atoms with van der Waals surface area (Å²) in [5.74, 6) is -2.61. The van der Waals surface area contributed by atoms with Crippen molar-refractivity contribution in [1.82, 2.24) is 20.4 Å². The molecular weight excluding hydrogens is 544 g/mol. The molecule has 3 N–H and O–H groups in total. The van der Waals surface area contributed by atoms with Crippen molar-refractivity contribution in [3.05, 3.63) is 47.5 Å². The van der Waals surface area contributed by atoms with Crippen molar-refractivity contribution in [3.63, 3.8) is 0 Å². The topological polar surface area (TPSA) is 155 Å². The molecule has 1 aromatic rings. The van der Waals surface area contributed by atoms with Crippen LogP contribution >= 0.6 is 0 Å². The second-order valence-electron chi connectivity index (χ2n) is 11.5. The summed E-state index contributed by atoms with van der Waals surface area (Å²) >= 11 is 0. The van der Waals surface area contributed by atoms with Gasteiger partial charge in [0.15, 0.2) is 0 Å². The first-order valence-corrected chi connectivity index (χ1v) is 14.6. The molecule has 42 heavy (non-hydrogen) atoms. The van der Waals surface area contributed by atoms with Gasteiger partial charge in [0.2, 0.25) is 11.8 Å². The van der Waals surface area contributed by atoms with Crippen LogP contribution in [-0.2, 0) is 36.8 Å². The number of nitrogens with zero attached hydrogens (tertiary/aromatic N) is 2. The molecule has 0 aromatic heterocycles. The summed E-state index contributed by atoms with van der Waals surface area (Å²) in [7, 11) is 1.21. The zero-order chi connectivity index (χ0) is 29.9. The Hall–Kier alpha value is -4.09. The molecule has 3 heterocycles. The molecule has 3 aliphatic heterocycles. The largest absolute Gasteiger partial charge is 0.479 e. The van der Waals surface area contributed by atoms with Crippen molar-refractivity contribution < 1.29 is 38.6 Å². The summed E-state index contributed by atoms with van der Waals surface area (Å²) in [5, 5.41) is 15.3. The molecule has 12 heteroatoms. The molecule has 2 fully saturated rings. The number of benzene rings is 1. The van der Waals surface area contributed by atoms with Crippen LogP contribution in [0.25, 0.3) is 0 Å². The van der Waals surface area contributed by atoms with E-state index in [1.54, 1.807) is 4.90 Å². The summed E-state index contributed by atoms with van der Waals surface area (Å²) in [6.45, 7) is 0.821. The minimum absolute atomic E-state index is 0.00882. The van der Waals surface area contributed by atoms with Crippen LogP contribution < -0.4 is 10.6 Å². The Morgan fingerprint density at radius 1 is 1.12 bits per heavy atom. The summed E-state index contributed by atoms with van der Waals surface area (Å²) < 4.78 is 10.6. The van der Waals surface area contributed by atoms with Crippen molar-refractivity contribution in [2.45, 2.75) is 81.6 Å². The molecule has 1 aromatic carbocycles. The highest BCUT2D eigenvalue weighted by molar-refractivity contribution is 5.96. The molecule has 1 saturated heterocycles. The lowest BCUT2D eigenvalue weighted by Gasteiger charge is -2.29. The number of carboxylic acid groups (broad SMARTS) is 1. The number of nitrogens with one attached hydrogen (secondary N) is 2. The van der Waals surface area contributed by atoms with Crippen LogP contribution in [-0.4, -0.2) is 88.8 Å². The van der Waals surface area contributed by atoms with Crippen molar-refractivity contribution in [2.75, 3.05) is 20.2 Å². The number of ether oxygens (including phenoxy) is 2. The summed E-state index contributed by atoms with van der Waals surface area (Å²) in [6.07, 6.45) is 6.00. The third-order valence-electron chi connectivity index (χ3n) is 8.75. The van der Waals surface area contributed by atoms with Gasteiger partial charge in [-0.25, -0.2) is 14.4 Å². The van der Waals surface area contributed by atoms with Crippen molar-refractivity contribution >= 4 is 30.0 Å². The lowest BCUT2D eigenvalue weighted by atomic mass is 10.0. The van der Waals surface area contributed by atoms with Crippen molar-refractivity contribution in [1.29, 1.82) is 0 Å². The molecule has 0 unspecified atom stereocenters. The van der Waals surface area contributed by atoms with Crippen LogP contribution in [0.3, 0.4) is 0 Å². The molecule has 4 amide bonds. The molecule has 12 nitrogen and oxygen atoms in total. The Bertz CT molecular complexity index is 1270. The predicted molar refractivity (Wildman–Crippen MR) is 149 cm³/mol. The van der Waals surface area contributed by atoms with E-state index in [1.165, 1.54) is 17.6 Å². The maximum Gasteiger partial charge on any atom is 0.410 e. The first kappa shape index (κ1) is 29.4. The number of carbonyl (C=O) groups is 5. The molecule has 1 saturated carbocycles. The Morgan fingerprint density at radius 3 is 2.67 bits per heavy atom. The molecule has 0 bridgehead atoms. The zero-order valence-corrected chi connectivity index (χ0v) is 23.8. The standard InChI is InChI=1S/C30H38N4O8/c1-41-28(39)31-23-12-6-4-2-3-5-11-21-16-30(21,27(37)38)32-25(35)24-15-22(18-34(24)26(23)36)42-29(40)33-14-13-19-9-7-8-10-20(19)17-33/h5,7-11,21-24H,2-4,6,12-18H2,1H3,(H,31,39)(H,32,35)(H,37,38)/t21-,22-,23+,24+,30-/m1/s1. The van der Waals surface area contributed by atoms with Gasteiger partial charge in [-0.05, 0) is 43.2 Å². The second-order valence-corrected chi connectivity index (χ2v) is 11.5. The van der Waals surface area contributed by atoms with Crippen LogP contribution in [0.5, 0.6) is 0 Å². The van der Waals surface area contributed by atoms with Gasteiger partial charge in [-0.3, -0.25) is 9.59 Å². The normalized spacial score (nSPS) is 29.5. The molecule has 226 valence electrons. The van der Waals surface area contributed by atoms with Crippen molar-refractivity contribution in [2.24, 2.45) is 5.92 Å². The Morgan fingerprint density at radius 2 is 1.90 bits per heavy atom. The first-order chi connectivity index (χ1) is 20.2. The van der Waals surface area contributed by atoms with Crippen molar-refractivity contribution in [3.8, 4) is 0 Å². The number of allylic oxidation sites excluding steroid dienone is 1. The maximum atomic E-state index is 13.8. The van der Waals surface area contributed by atoms with Gasteiger partial charge < -0.3 is 35.0 Å². The smallest absolute Gasteiger partial charge is 0.410 e. The van der Waals surface area contributed by atoms with Crippen LogP contribution in [0.1, 0.15) is 56.1 Å². The minimum Gasteiger partial charge on any atom is -0.479 e.